The number of benzene rings is 2. The third-order valence-corrected chi connectivity index (χ3v) is 12.7. The molecule has 6 bridgehead atoms. The minimum absolute atomic E-state index is 0.0112. The van der Waals surface area contributed by atoms with E-state index in [1.54, 1.807) is 32.5 Å². The molecule has 15 nitrogen and oxygen atoms in total. The summed E-state index contributed by atoms with van der Waals surface area (Å²) in [4.78, 5) is 69.2. The number of nitrogens with one attached hydrogen (secondary N) is 3. The molecule has 0 aliphatic carbocycles. The number of hydrogen-bond acceptors (Lipinski definition) is 10. The Kier molecular flexibility index (Phi) is 13.4. The molecule has 2 fully saturated rings. The van der Waals surface area contributed by atoms with Gasteiger partial charge in [0.25, 0.3) is 5.91 Å². The van der Waals surface area contributed by atoms with Crippen LogP contribution in [-0.2, 0) is 43.3 Å². The molecule has 2 aromatic heterocycles. The number of methoxy groups -OCH3 is 1. The lowest BCUT2D eigenvalue weighted by atomic mass is 9.84. The quantitative estimate of drug-likeness (QED) is 0.165. The van der Waals surface area contributed by atoms with Gasteiger partial charge < -0.3 is 29.9 Å². The topological polar surface area (TPSA) is 170 Å². The average molecular weight is 852 g/mol. The van der Waals surface area contributed by atoms with E-state index < -0.39 is 35.5 Å². The third kappa shape index (κ3) is 9.20. The largest absolute Gasteiger partial charge is 0.508 e. The molecule has 2 aromatic carbocycles. The molecular formula is C47H63N8O7+. The minimum atomic E-state index is -1.11. The van der Waals surface area contributed by atoms with Gasteiger partial charge in [0, 0.05) is 74.7 Å². The van der Waals surface area contributed by atoms with E-state index in [9.17, 15) is 24.4 Å². The number of aryl methyl sites for hydroxylation is 1. The summed E-state index contributed by atoms with van der Waals surface area (Å²) in [5.41, 5.74) is 9.62. The summed E-state index contributed by atoms with van der Waals surface area (Å²) in [6.45, 7) is 14.4. The Morgan fingerprint density at radius 3 is 2.63 bits per heavy atom. The highest BCUT2D eigenvalue weighted by atomic mass is 16.8. The van der Waals surface area contributed by atoms with Crippen LogP contribution < -0.4 is 16.1 Å². The first kappa shape index (κ1) is 44.7. The van der Waals surface area contributed by atoms with Crippen molar-refractivity contribution in [3.63, 3.8) is 0 Å². The van der Waals surface area contributed by atoms with E-state index >= 15 is 0 Å². The summed E-state index contributed by atoms with van der Waals surface area (Å²) in [5.74, 6) is -1.51. The number of carbonyl (C=O) groups is 3. The van der Waals surface area contributed by atoms with Crippen molar-refractivity contribution >= 4 is 28.6 Å². The monoisotopic (exact) mass is 851 g/mol. The maximum atomic E-state index is 14.6. The fraction of sp³-hybridized carbons (Fsp3) is 0.532. The minimum Gasteiger partial charge on any atom is -0.508 e. The molecule has 4 aromatic rings. The van der Waals surface area contributed by atoms with Gasteiger partial charge in [-0.05, 0) is 104 Å². The number of aromatic hydroxyl groups is 1. The highest BCUT2D eigenvalue weighted by molar-refractivity contribution is 5.96. The van der Waals surface area contributed by atoms with Gasteiger partial charge in [-0.1, -0.05) is 39.8 Å². The zero-order chi connectivity index (χ0) is 44.5. The summed E-state index contributed by atoms with van der Waals surface area (Å²) in [7, 11) is 3.32. The lowest BCUT2D eigenvalue weighted by Crippen LogP contribution is -2.62. The van der Waals surface area contributed by atoms with Gasteiger partial charge in [0.1, 0.15) is 17.8 Å². The lowest BCUT2D eigenvalue weighted by Gasteiger charge is -2.35. The number of carbonyl (C=O) groups excluding carboxylic acids is 3. The molecule has 332 valence electrons. The Morgan fingerprint density at radius 1 is 1.13 bits per heavy atom. The average Bonchev–Trinajstić information content (AvgIpc) is 3.90. The van der Waals surface area contributed by atoms with E-state index in [4.69, 9.17) is 14.6 Å². The molecule has 15 heteroatoms. The van der Waals surface area contributed by atoms with E-state index in [0.717, 1.165) is 51.1 Å². The number of pyridine rings is 1. The van der Waals surface area contributed by atoms with Gasteiger partial charge in [-0.3, -0.25) is 24.4 Å². The van der Waals surface area contributed by atoms with Crippen LogP contribution in [0.5, 0.6) is 5.75 Å². The summed E-state index contributed by atoms with van der Waals surface area (Å²) in [6, 6.07) is 13.6. The van der Waals surface area contributed by atoms with Gasteiger partial charge in [-0.25, -0.2) is 4.84 Å². The van der Waals surface area contributed by atoms with Crippen LogP contribution in [0.3, 0.4) is 0 Å². The van der Waals surface area contributed by atoms with Crippen molar-refractivity contribution in [3.05, 3.63) is 76.5 Å². The van der Waals surface area contributed by atoms with E-state index in [1.807, 2.05) is 39.0 Å². The number of phenolic OH excluding ortho intramolecular Hbond substituents is 1. The molecule has 0 saturated carbocycles. The van der Waals surface area contributed by atoms with E-state index in [-0.39, 0.29) is 42.6 Å². The number of aromatic nitrogens is 2. The van der Waals surface area contributed by atoms with E-state index in [0.29, 0.717) is 55.8 Å². The van der Waals surface area contributed by atoms with Gasteiger partial charge in [0.05, 0.1) is 28.3 Å². The first-order chi connectivity index (χ1) is 29.6. The fourth-order valence-corrected chi connectivity index (χ4v) is 9.46. The molecule has 3 amide bonds. The first-order valence-corrected chi connectivity index (χ1v) is 22.0. The zero-order valence-electron chi connectivity index (χ0n) is 37.4. The van der Waals surface area contributed by atoms with Crippen LogP contribution in [0.25, 0.3) is 33.3 Å². The van der Waals surface area contributed by atoms with Crippen LogP contribution in [0.1, 0.15) is 83.7 Å². The van der Waals surface area contributed by atoms with Crippen LogP contribution in [0.4, 0.5) is 0 Å². The predicted molar refractivity (Wildman–Crippen MR) is 236 cm³/mol. The Labute approximate surface area is 364 Å². The lowest BCUT2D eigenvalue weighted by molar-refractivity contribution is -0.835. The van der Waals surface area contributed by atoms with Crippen molar-refractivity contribution in [2.75, 3.05) is 40.4 Å². The molecule has 4 N–H and O–H groups in total. The summed E-state index contributed by atoms with van der Waals surface area (Å²) in [5, 5.41) is 19.9. The summed E-state index contributed by atoms with van der Waals surface area (Å²) in [6.07, 6.45) is 2.84. The fourth-order valence-electron chi connectivity index (χ4n) is 9.46. The number of ether oxygens (including phenoxy) is 1. The molecular weight excluding hydrogens is 789 g/mol. The van der Waals surface area contributed by atoms with Crippen LogP contribution in [0, 0.1) is 22.2 Å². The van der Waals surface area contributed by atoms with E-state index in [1.165, 1.54) is 9.91 Å². The predicted octanol–water partition coefficient (Wildman–Crippen LogP) is 5.67. The Hall–Kier alpha value is -5.38. The molecule has 7 rings (SSSR count). The van der Waals surface area contributed by atoms with Gasteiger partial charge in [0.2, 0.25) is 16.7 Å². The SMILES string of the molecule is CCn1c(-c2cccnc2[C@H](C)OC)c2c3cc(ccc31)-c1cc(O)cc(c1)C[C@H](NC(=O)[C@H](C(C)C)N(C)C(=O)[C@@H]1CCNC1)C(=O)N1CCC[C@H](N1)[N+](=O)OCC(C)(C)C2. The number of amides is 3. The number of fused-ring (bicyclic) bond motifs is 6. The number of likely N-dealkylation sites (N-methyl/N-ethyl adjacent to an activating group) is 1. The molecule has 0 unspecified atom stereocenters. The highest BCUT2D eigenvalue weighted by Crippen LogP contribution is 2.42. The standard InChI is InChI=1S/C47H62N8O7/c1-9-53-39-15-14-31-24-36(39)37(43(53)35-12-10-17-49-41(35)29(4)61-8)25-47(5,6)27-62-55(60)40-13-11-19-54(51-40)46(59)38(22-30-20-33(31)23-34(56)21-30)50-44(57)42(28(2)3)52(7)45(58)32-16-18-48-26-32/h10,12,14-15,17,20-21,23-24,28-29,32,38,40,42,48,51H,9,11,13,16,18-19,22,25-27H2,1-8H3,(H-,50,56,57)/p+1/t29-,32+,38-,40+,42-/m0/s1. The second-order valence-electron chi connectivity index (χ2n) is 18.3. The molecule has 3 aliphatic heterocycles. The molecule has 5 heterocycles. The van der Waals surface area contributed by atoms with Crippen LogP contribution >= 0.6 is 0 Å². The molecule has 0 spiro atoms. The Morgan fingerprint density at radius 2 is 1.92 bits per heavy atom. The maximum Gasteiger partial charge on any atom is 0.326 e. The van der Waals surface area contributed by atoms with Crippen molar-refractivity contribution in [1.82, 2.24) is 35.5 Å². The molecule has 3 aliphatic rings. The first-order valence-electron chi connectivity index (χ1n) is 22.0. The Balaban J connectivity index is 1.35. The Bertz CT molecular complexity index is 2320. The molecule has 62 heavy (non-hydrogen) atoms. The van der Waals surface area contributed by atoms with Crippen molar-refractivity contribution in [2.45, 2.75) is 105 Å². The van der Waals surface area contributed by atoms with Crippen LogP contribution in [0.2, 0.25) is 0 Å². The second kappa shape index (κ2) is 18.5. The molecule has 5 atom stereocenters. The number of hydrazine groups is 1. The van der Waals surface area contributed by atoms with Crippen molar-refractivity contribution in [3.8, 4) is 28.1 Å². The van der Waals surface area contributed by atoms with Gasteiger partial charge in [-0.15, -0.1) is 0 Å². The zero-order valence-corrected chi connectivity index (χ0v) is 37.4. The maximum absolute atomic E-state index is 14.6. The van der Waals surface area contributed by atoms with Crippen LogP contribution in [0.15, 0.2) is 54.7 Å². The van der Waals surface area contributed by atoms with E-state index in [2.05, 4.69) is 59.6 Å². The summed E-state index contributed by atoms with van der Waals surface area (Å²) >= 11 is 0. The van der Waals surface area contributed by atoms with Crippen molar-refractivity contribution in [2.24, 2.45) is 17.3 Å². The number of rotatable bonds is 9. The van der Waals surface area contributed by atoms with Gasteiger partial charge in [0.15, 0.2) is 6.61 Å². The summed E-state index contributed by atoms with van der Waals surface area (Å²) < 4.78 is 8.10. The smallest absolute Gasteiger partial charge is 0.326 e. The highest BCUT2D eigenvalue weighted by Gasteiger charge is 2.41. The van der Waals surface area contributed by atoms with Crippen LogP contribution in [-0.4, -0.2) is 106 Å². The van der Waals surface area contributed by atoms with Crippen molar-refractivity contribution in [1.29, 1.82) is 0 Å². The van der Waals surface area contributed by atoms with Gasteiger partial charge in [-0.2, -0.15) is 5.43 Å². The van der Waals surface area contributed by atoms with Crippen molar-refractivity contribution < 1.29 is 34.0 Å². The number of nitrogens with zero attached hydrogens (tertiary/aromatic N) is 5. The normalized spacial score (nSPS) is 21.6. The van der Waals surface area contributed by atoms with Gasteiger partial charge >= 0.3 is 6.17 Å². The molecule has 0 radical (unpaired) electrons. The second-order valence-corrected chi connectivity index (χ2v) is 18.3. The molecule has 2 saturated heterocycles. The number of hydrogen-bond donors (Lipinski definition) is 4. The third-order valence-electron chi connectivity index (χ3n) is 12.7. The number of phenols is 1.